The van der Waals surface area contributed by atoms with E-state index in [1.165, 1.54) is 18.4 Å². The van der Waals surface area contributed by atoms with Crippen molar-refractivity contribution in [1.29, 1.82) is 0 Å². The maximum absolute atomic E-state index is 4.63. The molecule has 0 N–H and O–H groups in total. The third kappa shape index (κ3) is 2.37. The fraction of sp³-hybridized carbons (Fsp3) is 0.294. The average molecular weight is 278 g/mol. The zero-order chi connectivity index (χ0) is 14.1. The summed E-state index contributed by atoms with van der Waals surface area (Å²) in [6.07, 6.45) is 8.12. The van der Waals surface area contributed by atoms with Crippen LogP contribution in [0.3, 0.4) is 0 Å². The Hall–Kier alpha value is -2.36. The van der Waals surface area contributed by atoms with Crippen LogP contribution in [0.25, 0.3) is 5.78 Å². The Morgan fingerprint density at radius 1 is 0.952 bits per heavy atom. The topological polar surface area (TPSA) is 33.4 Å². The molecule has 0 amide bonds. The zero-order valence-corrected chi connectivity index (χ0v) is 11.9. The van der Waals surface area contributed by atoms with Gasteiger partial charge in [0.1, 0.15) is 5.82 Å². The molecule has 1 saturated heterocycles. The summed E-state index contributed by atoms with van der Waals surface area (Å²) >= 11 is 0. The summed E-state index contributed by atoms with van der Waals surface area (Å²) in [5, 5.41) is 0. The van der Waals surface area contributed by atoms with Gasteiger partial charge in [0, 0.05) is 31.7 Å². The molecule has 3 heterocycles. The number of hydrogen-bond acceptors (Lipinski definition) is 3. The minimum absolute atomic E-state index is 0.678. The largest absolute Gasteiger partial charge is 0.356 e. The van der Waals surface area contributed by atoms with Crippen LogP contribution in [0.15, 0.2) is 55.0 Å². The number of rotatable bonds is 2. The maximum atomic E-state index is 4.63. The highest BCUT2D eigenvalue weighted by Gasteiger charge is 2.21. The third-order valence-electron chi connectivity index (χ3n) is 4.34. The van der Waals surface area contributed by atoms with Gasteiger partial charge in [-0.25, -0.2) is 4.98 Å². The summed E-state index contributed by atoms with van der Waals surface area (Å²) in [6, 6.07) is 12.9. The molecular formula is C17H18N4. The molecule has 4 nitrogen and oxygen atoms in total. The molecule has 0 unspecified atom stereocenters. The molecule has 0 atom stereocenters. The average Bonchev–Trinajstić information content (AvgIpc) is 3.03. The van der Waals surface area contributed by atoms with Crippen LogP contribution in [-0.4, -0.2) is 27.5 Å². The summed E-state index contributed by atoms with van der Waals surface area (Å²) < 4.78 is 1.94. The second-order valence-corrected chi connectivity index (χ2v) is 5.59. The second-order valence-electron chi connectivity index (χ2n) is 5.59. The van der Waals surface area contributed by atoms with Crippen LogP contribution < -0.4 is 4.90 Å². The molecule has 1 aliphatic rings. The lowest BCUT2D eigenvalue weighted by molar-refractivity contribution is 0.503. The first-order valence-corrected chi connectivity index (χ1v) is 7.50. The number of imidazole rings is 1. The highest BCUT2D eigenvalue weighted by Crippen LogP contribution is 2.29. The van der Waals surface area contributed by atoms with Gasteiger partial charge in [-0.15, -0.1) is 0 Å². The molecule has 4 rings (SSSR count). The van der Waals surface area contributed by atoms with E-state index >= 15 is 0 Å². The van der Waals surface area contributed by atoms with Crippen LogP contribution in [0.5, 0.6) is 0 Å². The minimum Gasteiger partial charge on any atom is -0.356 e. The summed E-state index contributed by atoms with van der Waals surface area (Å²) in [6.45, 7) is 2.12. The molecule has 106 valence electrons. The van der Waals surface area contributed by atoms with Crippen molar-refractivity contribution in [2.45, 2.75) is 18.8 Å². The lowest BCUT2D eigenvalue weighted by atomic mass is 9.89. The lowest BCUT2D eigenvalue weighted by Crippen LogP contribution is -2.33. The first-order chi connectivity index (χ1) is 10.4. The van der Waals surface area contributed by atoms with Gasteiger partial charge in [-0.1, -0.05) is 30.3 Å². The fourth-order valence-corrected chi connectivity index (χ4v) is 3.14. The predicted molar refractivity (Wildman–Crippen MR) is 83.6 cm³/mol. The number of anilines is 1. The molecular weight excluding hydrogens is 260 g/mol. The number of benzene rings is 1. The van der Waals surface area contributed by atoms with Crippen molar-refractivity contribution in [1.82, 2.24) is 14.4 Å². The number of fused-ring (bicyclic) bond motifs is 1. The predicted octanol–water partition coefficient (Wildman–Crippen LogP) is 3.11. The fourth-order valence-electron chi connectivity index (χ4n) is 3.14. The van der Waals surface area contributed by atoms with E-state index in [9.17, 15) is 0 Å². The van der Waals surface area contributed by atoms with Crippen molar-refractivity contribution in [3.8, 4) is 0 Å². The van der Waals surface area contributed by atoms with E-state index in [1.54, 1.807) is 6.20 Å². The van der Waals surface area contributed by atoms with E-state index in [-0.39, 0.29) is 0 Å². The molecule has 0 radical (unpaired) electrons. The smallest absolute Gasteiger partial charge is 0.235 e. The Kier molecular flexibility index (Phi) is 3.07. The van der Waals surface area contributed by atoms with E-state index in [4.69, 9.17) is 0 Å². The van der Waals surface area contributed by atoms with Gasteiger partial charge in [-0.2, -0.15) is 4.98 Å². The number of piperidine rings is 1. The Bertz CT molecular complexity index is 727. The highest BCUT2D eigenvalue weighted by atomic mass is 15.2. The summed E-state index contributed by atoms with van der Waals surface area (Å²) in [7, 11) is 0. The Balaban J connectivity index is 1.49. The van der Waals surface area contributed by atoms with E-state index < -0.39 is 0 Å². The summed E-state index contributed by atoms with van der Waals surface area (Å²) in [4.78, 5) is 11.3. The molecule has 0 spiro atoms. The number of hydrogen-bond donors (Lipinski definition) is 0. The van der Waals surface area contributed by atoms with Crippen molar-refractivity contribution in [2.75, 3.05) is 18.0 Å². The minimum atomic E-state index is 0.678. The standard InChI is InChI=1S/C17H18N4/c1-2-4-14(5-3-1)15-6-10-20(11-7-15)16-8-12-21-13-9-18-17(21)19-16/h1-5,8-9,12-13,15H,6-7,10-11H2. The Morgan fingerprint density at radius 3 is 2.57 bits per heavy atom. The van der Waals surface area contributed by atoms with Crippen LogP contribution in [0.2, 0.25) is 0 Å². The number of nitrogens with zero attached hydrogens (tertiary/aromatic N) is 4. The molecule has 3 aromatic rings. The monoisotopic (exact) mass is 278 g/mol. The molecule has 4 heteroatoms. The third-order valence-corrected chi connectivity index (χ3v) is 4.34. The molecule has 21 heavy (non-hydrogen) atoms. The van der Waals surface area contributed by atoms with Crippen molar-refractivity contribution in [2.24, 2.45) is 0 Å². The quantitative estimate of drug-likeness (QED) is 0.722. The van der Waals surface area contributed by atoms with Gasteiger partial charge in [0.25, 0.3) is 0 Å². The van der Waals surface area contributed by atoms with Crippen molar-refractivity contribution in [3.05, 3.63) is 60.6 Å². The van der Waals surface area contributed by atoms with Gasteiger partial charge >= 0.3 is 0 Å². The number of aromatic nitrogens is 3. The van der Waals surface area contributed by atoms with Gasteiger partial charge in [0.15, 0.2) is 0 Å². The first-order valence-electron chi connectivity index (χ1n) is 7.50. The summed E-state index contributed by atoms with van der Waals surface area (Å²) in [5.41, 5.74) is 1.47. The van der Waals surface area contributed by atoms with E-state index in [0.29, 0.717) is 5.92 Å². The van der Waals surface area contributed by atoms with Gasteiger partial charge in [0.2, 0.25) is 5.78 Å². The Labute approximate surface area is 124 Å². The van der Waals surface area contributed by atoms with Gasteiger partial charge in [-0.05, 0) is 30.4 Å². The van der Waals surface area contributed by atoms with Crippen molar-refractivity contribution >= 4 is 11.6 Å². The van der Waals surface area contributed by atoms with Gasteiger partial charge in [0.05, 0.1) is 0 Å². The maximum Gasteiger partial charge on any atom is 0.235 e. The molecule has 0 aliphatic carbocycles. The van der Waals surface area contributed by atoms with Crippen molar-refractivity contribution < 1.29 is 0 Å². The molecule has 0 bridgehead atoms. The Morgan fingerprint density at radius 2 is 1.76 bits per heavy atom. The molecule has 0 saturated carbocycles. The second kappa shape index (κ2) is 5.20. The van der Waals surface area contributed by atoms with Crippen LogP contribution in [-0.2, 0) is 0 Å². The zero-order valence-electron chi connectivity index (χ0n) is 11.9. The van der Waals surface area contributed by atoms with Crippen molar-refractivity contribution in [3.63, 3.8) is 0 Å². The van der Waals surface area contributed by atoms with Crippen LogP contribution in [0, 0.1) is 0 Å². The molecule has 1 aliphatic heterocycles. The SMILES string of the molecule is c1ccc(C2CCN(c3ccn4ccnc4n3)CC2)cc1. The molecule has 2 aromatic heterocycles. The van der Waals surface area contributed by atoms with Crippen LogP contribution >= 0.6 is 0 Å². The van der Waals surface area contributed by atoms with Crippen LogP contribution in [0.4, 0.5) is 5.82 Å². The van der Waals surface area contributed by atoms with E-state index in [2.05, 4.69) is 51.3 Å². The molecule has 1 fully saturated rings. The van der Waals surface area contributed by atoms with Gasteiger partial charge in [-0.3, -0.25) is 4.40 Å². The summed E-state index contributed by atoms with van der Waals surface area (Å²) in [5.74, 6) is 2.50. The highest BCUT2D eigenvalue weighted by molar-refractivity contribution is 5.45. The van der Waals surface area contributed by atoms with Crippen LogP contribution in [0.1, 0.15) is 24.3 Å². The lowest BCUT2D eigenvalue weighted by Gasteiger charge is -2.33. The normalized spacial score (nSPS) is 16.5. The van der Waals surface area contributed by atoms with Gasteiger partial charge < -0.3 is 4.90 Å². The first kappa shape index (κ1) is 12.4. The van der Waals surface area contributed by atoms with E-state index in [0.717, 1.165) is 24.7 Å². The molecule has 1 aromatic carbocycles. The van der Waals surface area contributed by atoms with E-state index in [1.807, 2.05) is 16.8 Å².